The van der Waals surface area contributed by atoms with Crippen LogP contribution in [0.3, 0.4) is 0 Å². The van der Waals surface area contributed by atoms with Crippen LogP contribution in [0.4, 0.5) is 0 Å². The lowest BCUT2D eigenvalue weighted by molar-refractivity contribution is -0.125. The van der Waals surface area contributed by atoms with E-state index >= 15 is 0 Å². The van der Waals surface area contributed by atoms with Crippen molar-refractivity contribution in [3.8, 4) is 0 Å². The molecule has 0 radical (unpaired) electrons. The summed E-state index contributed by atoms with van der Waals surface area (Å²) in [6.07, 6.45) is 1.82. The maximum Gasteiger partial charge on any atom is 0.270 e. The zero-order chi connectivity index (χ0) is 11.4. The molecular formula is C9H13N3O2S. The Balaban J connectivity index is 2.79. The minimum atomic E-state index is -0.579. The van der Waals surface area contributed by atoms with Crippen LogP contribution in [-0.2, 0) is 16.6 Å². The van der Waals surface area contributed by atoms with Crippen molar-refractivity contribution in [1.82, 2.24) is 9.88 Å². The molecule has 1 N–H and O–H groups in total. The summed E-state index contributed by atoms with van der Waals surface area (Å²) in [5.41, 5.74) is 0. The molecule has 0 saturated heterocycles. The Morgan fingerprint density at radius 3 is 2.73 bits per heavy atom. The number of hydrogen-bond acceptors (Lipinski definition) is 3. The van der Waals surface area contributed by atoms with Crippen LogP contribution < -0.4 is 10.1 Å². The van der Waals surface area contributed by atoms with Crippen LogP contribution in [0.2, 0.25) is 0 Å². The van der Waals surface area contributed by atoms with E-state index in [-0.39, 0.29) is 11.8 Å². The number of hydrogen-bond donors (Lipinski definition) is 1. The number of amides is 2. The summed E-state index contributed by atoms with van der Waals surface area (Å²) < 4.78 is 1.75. The van der Waals surface area contributed by atoms with Crippen molar-refractivity contribution in [2.45, 2.75) is 19.9 Å². The van der Waals surface area contributed by atoms with E-state index in [0.717, 1.165) is 0 Å². The van der Waals surface area contributed by atoms with E-state index < -0.39 is 6.04 Å². The Hall–Kier alpha value is -1.43. The Kier molecular flexibility index (Phi) is 3.79. The molecule has 2 amide bonds. The molecule has 1 atom stereocenters. The molecule has 15 heavy (non-hydrogen) atoms. The van der Waals surface area contributed by atoms with Gasteiger partial charge in [-0.25, -0.2) is 0 Å². The van der Waals surface area contributed by atoms with Crippen molar-refractivity contribution in [1.29, 1.82) is 0 Å². The number of nitrogens with zero attached hydrogens (tertiary/aromatic N) is 2. The summed E-state index contributed by atoms with van der Waals surface area (Å²) >= 11 is 1.38. The number of carbonyl (C=O) groups excluding carboxylic acids is 2. The maximum atomic E-state index is 11.5. The third-order valence-electron chi connectivity index (χ3n) is 1.76. The van der Waals surface area contributed by atoms with E-state index in [9.17, 15) is 9.59 Å². The first-order valence-electron chi connectivity index (χ1n) is 4.46. The van der Waals surface area contributed by atoms with Crippen molar-refractivity contribution >= 4 is 23.2 Å². The molecule has 1 aromatic rings. The standard InChI is InChI=1S/C9H13N3O2S/c1-6(10-7(2)13)8(14)11-9-12(3)4-5-15-9/h4-6H,1-3H3,(H,10,13). The van der Waals surface area contributed by atoms with Crippen LogP contribution in [0, 0.1) is 0 Å². The van der Waals surface area contributed by atoms with Crippen LogP contribution in [0.25, 0.3) is 0 Å². The van der Waals surface area contributed by atoms with Gasteiger partial charge in [-0.05, 0) is 6.92 Å². The first-order chi connectivity index (χ1) is 7.00. The topological polar surface area (TPSA) is 63.5 Å². The van der Waals surface area contributed by atoms with E-state index in [1.54, 1.807) is 11.5 Å². The van der Waals surface area contributed by atoms with E-state index in [4.69, 9.17) is 0 Å². The molecule has 0 spiro atoms. The Bertz CT molecular complexity index is 433. The van der Waals surface area contributed by atoms with Gasteiger partial charge in [0.25, 0.3) is 5.91 Å². The normalized spacial score (nSPS) is 13.7. The molecule has 0 saturated carbocycles. The molecule has 0 aliphatic carbocycles. The predicted octanol–water partition coefficient (Wildman–Crippen LogP) is 0.0385. The molecule has 1 unspecified atom stereocenters. The fraction of sp³-hybridized carbons (Fsp3) is 0.444. The molecule has 1 rings (SSSR count). The van der Waals surface area contributed by atoms with E-state index in [2.05, 4.69) is 10.3 Å². The Labute approximate surface area is 91.5 Å². The number of rotatable bonds is 2. The fourth-order valence-electron chi connectivity index (χ4n) is 0.992. The summed E-state index contributed by atoms with van der Waals surface area (Å²) in [4.78, 5) is 26.8. The molecule has 0 aliphatic rings. The van der Waals surface area contributed by atoms with Gasteiger partial charge in [-0.15, -0.1) is 11.3 Å². The van der Waals surface area contributed by atoms with Gasteiger partial charge in [0.15, 0.2) is 4.80 Å². The van der Waals surface area contributed by atoms with Gasteiger partial charge in [-0.3, -0.25) is 9.59 Å². The average molecular weight is 227 g/mol. The molecule has 1 heterocycles. The molecular weight excluding hydrogens is 214 g/mol. The minimum Gasteiger partial charge on any atom is -0.345 e. The lowest BCUT2D eigenvalue weighted by Gasteiger charge is -2.06. The van der Waals surface area contributed by atoms with Gasteiger partial charge in [0.2, 0.25) is 5.91 Å². The summed E-state index contributed by atoms with van der Waals surface area (Å²) in [5.74, 6) is -0.579. The third-order valence-corrected chi connectivity index (χ3v) is 2.60. The van der Waals surface area contributed by atoms with Crippen molar-refractivity contribution in [3.05, 3.63) is 16.4 Å². The second kappa shape index (κ2) is 4.88. The maximum absolute atomic E-state index is 11.5. The number of thiazole rings is 1. The molecule has 1 aromatic heterocycles. The molecule has 0 aromatic carbocycles. The van der Waals surface area contributed by atoms with E-state index in [1.807, 2.05) is 18.6 Å². The van der Waals surface area contributed by atoms with Crippen LogP contribution >= 0.6 is 11.3 Å². The van der Waals surface area contributed by atoms with Crippen molar-refractivity contribution in [2.24, 2.45) is 12.0 Å². The van der Waals surface area contributed by atoms with Crippen molar-refractivity contribution in [3.63, 3.8) is 0 Å². The molecule has 0 aliphatic heterocycles. The number of nitrogens with one attached hydrogen (secondary N) is 1. The van der Waals surface area contributed by atoms with Gasteiger partial charge < -0.3 is 9.88 Å². The fourth-order valence-corrected chi connectivity index (χ4v) is 1.73. The molecule has 5 nitrogen and oxygen atoms in total. The predicted molar refractivity (Wildman–Crippen MR) is 57.1 cm³/mol. The first kappa shape index (κ1) is 11.6. The zero-order valence-electron chi connectivity index (χ0n) is 8.85. The van der Waals surface area contributed by atoms with Crippen LogP contribution in [0.1, 0.15) is 13.8 Å². The quantitative estimate of drug-likeness (QED) is 0.775. The van der Waals surface area contributed by atoms with Crippen LogP contribution in [-0.4, -0.2) is 22.4 Å². The highest BCUT2D eigenvalue weighted by atomic mass is 32.1. The lowest BCUT2D eigenvalue weighted by Crippen LogP contribution is -2.37. The largest absolute Gasteiger partial charge is 0.345 e. The Morgan fingerprint density at radius 1 is 1.60 bits per heavy atom. The summed E-state index contributed by atoms with van der Waals surface area (Å²) in [7, 11) is 1.81. The van der Waals surface area contributed by atoms with Gasteiger partial charge in [0.1, 0.15) is 6.04 Å². The number of aryl methyl sites for hydroxylation is 1. The van der Waals surface area contributed by atoms with Gasteiger partial charge in [0.05, 0.1) is 0 Å². The van der Waals surface area contributed by atoms with Crippen molar-refractivity contribution in [2.75, 3.05) is 0 Å². The lowest BCUT2D eigenvalue weighted by atomic mass is 10.3. The Morgan fingerprint density at radius 2 is 2.27 bits per heavy atom. The first-order valence-corrected chi connectivity index (χ1v) is 5.34. The zero-order valence-corrected chi connectivity index (χ0v) is 9.67. The third kappa shape index (κ3) is 3.32. The highest BCUT2D eigenvalue weighted by Gasteiger charge is 2.12. The van der Waals surface area contributed by atoms with Crippen LogP contribution in [0.15, 0.2) is 16.6 Å². The number of carbonyl (C=O) groups is 2. The molecule has 82 valence electrons. The molecule has 0 bridgehead atoms. The second-order valence-electron chi connectivity index (χ2n) is 3.17. The highest BCUT2D eigenvalue weighted by molar-refractivity contribution is 7.07. The van der Waals surface area contributed by atoms with Gasteiger partial charge >= 0.3 is 0 Å². The monoisotopic (exact) mass is 227 g/mol. The molecule has 0 fully saturated rings. The summed E-state index contributed by atoms with van der Waals surface area (Å²) in [6.45, 7) is 2.98. The smallest absolute Gasteiger partial charge is 0.270 e. The van der Waals surface area contributed by atoms with Crippen molar-refractivity contribution < 1.29 is 9.59 Å². The van der Waals surface area contributed by atoms with Crippen LogP contribution in [0.5, 0.6) is 0 Å². The van der Waals surface area contributed by atoms with Gasteiger partial charge in [0, 0.05) is 25.5 Å². The molecule has 6 heteroatoms. The highest BCUT2D eigenvalue weighted by Crippen LogP contribution is 1.90. The summed E-state index contributed by atoms with van der Waals surface area (Å²) in [6, 6.07) is -0.579. The summed E-state index contributed by atoms with van der Waals surface area (Å²) in [5, 5.41) is 4.33. The SMILES string of the molecule is CC(=O)NC(C)C(=O)N=c1sccn1C. The van der Waals surface area contributed by atoms with E-state index in [1.165, 1.54) is 18.3 Å². The van der Waals surface area contributed by atoms with E-state index in [0.29, 0.717) is 4.80 Å². The average Bonchev–Trinajstić information content (AvgIpc) is 2.50. The minimum absolute atomic E-state index is 0.235. The number of aromatic nitrogens is 1. The van der Waals surface area contributed by atoms with Gasteiger partial charge in [-0.2, -0.15) is 4.99 Å². The van der Waals surface area contributed by atoms with Gasteiger partial charge in [-0.1, -0.05) is 0 Å². The second-order valence-corrected chi connectivity index (χ2v) is 4.04.